The van der Waals surface area contributed by atoms with E-state index in [1.165, 1.54) is 37.2 Å². The summed E-state index contributed by atoms with van der Waals surface area (Å²) in [7, 11) is 0. The van der Waals surface area contributed by atoms with Gasteiger partial charge >= 0.3 is 0 Å². The highest BCUT2D eigenvalue weighted by atomic mass is 32.1. The number of aromatic nitrogens is 3. The third-order valence-corrected chi connectivity index (χ3v) is 7.79. The predicted molar refractivity (Wildman–Crippen MR) is 151 cm³/mol. The molecule has 170 valence electrons. The normalized spacial score (nSPS) is 11.3. The fourth-order valence-corrected chi connectivity index (χ4v) is 6.24. The van der Waals surface area contributed by atoms with E-state index in [0.29, 0.717) is 0 Å². The number of pyridine rings is 2. The fourth-order valence-electron chi connectivity index (χ4n) is 4.92. The summed E-state index contributed by atoms with van der Waals surface area (Å²) in [6.45, 7) is 0. The number of para-hydroxylation sites is 1. The van der Waals surface area contributed by atoms with Gasteiger partial charge in [0, 0.05) is 33.6 Å². The summed E-state index contributed by atoms with van der Waals surface area (Å²) in [6.07, 6.45) is 3.65. The van der Waals surface area contributed by atoms with Crippen LogP contribution in [0.2, 0.25) is 0 Å². The Balaban J connectivity index is 1.60. The van der Waals surface area contributed by atoms with E-state index in [9.17, 15) is 0 Å². The van der Waals surface area contributed by atoms with E-state index in [0.717, 1.165) is 22.6 Å². The molecule has 0 fully saturated rings. The number of hydrogen-bond acceptors (Lipinski definition) is 3. The van der Waals surface area contributed by atoms with Crippen LogP contribution in [0.1, 0.15) is 0 Å². The molecular formula is C32H21N3S. The van der Waals surface area contributed by atoms with Gasteiger partial charge in [-0.05, 0) is 41.5 Å². The zero-order valence-corrected chi connectivity index (χ0v) is 20.2. The lowest BCUT2D eigenvalue weighted by Crippen LogP contribution is -1.98. The molecule has 0 aliphatic rings. The molecular weight excluding hydrogens is 458 g/mol. The van der Waals surface area contributed by atoms with Crippen molar-refractivity contribution in [3.8, 4) is 38.0 Å². The SMILES string of the molecule is c1ccc(-c2sc(-c3ccccc3)c3c2c2ccccc2n3-c2cccc(-c3cccnc3)n2)cc1. The molecule has 0 saturated heterocycles. The van der Waals surface area contributed by atoms with Crippen LogP contribution in [0.5, 0.6) is 0 Å². The van der Waals surface area contributed by atoms with Gasteiger partial charge in [-0.2, -0.15) is 0 Å². The van der Waals surface area contributed by atoms with E-state index in [1.807, 2.05) is 29.7 Å². The summed E-state index contributed by atoms with van der Waals surface area (Å²) in [5.41, 5.74) is 6.70. The zero-order valence-electron chi connectivity index (χ0n) is 19.4. The van der Waals surface area contributed by atoms with Gasteiger partial charge in [-0.3, -0.25) is 9.55 Å². The highest BCUT2D eigenvalue weighted by Crippen LogP contribution is 2.49. The zero-order chi connectivity index (χ0) is 23.9. The predicted octanol–water partition coefficient (Wildman–Crippen LogP) is 8.64. The van der Waals surface area contributed by atoms with Crippen LogP contribution in [0.3, 0.4) is 0 Å². The van der Waals surface area contributed by atoms with Crippen LogP contribution in [0, 0.1) is 0 Å². The van der Waals surface area contributed by atoms with Gasteiger partial charge in [-0.15, -0.1) is 11.3 Å². The maximum atomic E-state index is 5.13. The molecule has 3 aromatic carbocycles. The molecule has 0 amide bonds. The molecule has 7 aromatic rings. The molecule has 0 atom stereocenters. The molecule has 7 rings (SSSR count). The van der Waals surface area contributed by atoms with Gasteiger partial charge < -0.3 is 0 Å². The second kappa shape index (κ2) is 8.59. The summed E-state index contributed by atoms with van der Waals surface area (Å²) in [5, 5.41) is 2.51. The third-order valence-electron chi connectivity index (χ3n) is 6.51. The van der Waals surface area contributed by atoms with E-state index < -0.39 is 0 Å². The van der Waals surface area contributed by atoms with Gasteiger partial charge in [0.1, 0.15) is 5.82 Å². The van der Waals surface area contributed by atoms with Crippen LogP contribution in [-0.4, -0.2) is 14.5 Å². The number of benzene rings is 3. The quantitative estimate of drug-likeness (QED) is 0.253. The number of thiophene rings is 1. The Morgan fingerprint density at radius 3 is 2.03 bits per heavy atom. The van der Waals surface area contributed by atoms with Crippen LogP contribution in [-0.2, 0) is 0 Å². The first kappa shape index (κ1) is 20.8. The first-order valence-corrected chi connectivity index (χ1v) is 12.7. The molecule has 0 N–H and O–H groups in total. The summed E-state index contributed by atoms with van der Waals surface area (Å²) >= 11 is 1.85. The largest absolute Gasteiger partial charge is 0.292 e. The molecule has 4 heteroatoms. The van der Waals surface area contributed by atoms with E-state index in [1.54, 1.807) is 6.20 Å². The Bertz CT molecular complexity index is 1820. The molecule has 3 nitrogen and oxygen atoms in total. The van der Waals surface area contributed by atoms with Gasteiger partial charge in [0.25, 0.3) is 0 Å². The van der Waals surface area contributed by atoms with Crippen molar-refractivity contribution >= 4 is 33.1 Å². The van der Waals surface area contributed by atoms with Crippen molar-refractivity contribution in [1.82, 2.24) is 14.5 Å². The second-order valence-corrected chi connectivity index (χ2v) is 9.71. The summed E-state index contributed by atoms with van der Waals surface area (Å²) in [4.78, 5) is 12.0. The van der Waals surface area contributed by atoms with E-state index >= 15 is 0 Å². The molecule has 0 bridgehead atoms. The van der Waals surface area contributed by atoms with Crippen molar-refractivity contribution in [2.45, 2.75) is 0 Å². The summed E-state index contributed by atoms with van der Waals surface area (Å²) in [5.74, 6) is 0.900. The molecule has 0 aliphatic carbocycles. The number of rotatable bonds is 4. The summed E-state index contributed by atoms with van der Waals surface area (Å²) < 4.78 is 2.33. The maximum Gasteiger partial charge on any atom is 0.138 e. The van der Waals surface area contributed by atoms with Crippen LogP contribution in [0.25, 0.3) is 59.8 Å². The van der Waals surface area contributed by atoms with Gasteiger partial charge in [-0.25, -0.2) is 4.98 Å². The van der Waals surface area contributed by atoms with Gasteiger partial charge in [0.2, 0.25) is 0 Å². The van der Waals surface area contributed by atoms with Gasteiger partial charge in [0.15, 0.2) is 0 Å². The minimum Gasteiger partial charge on any atom is -0.292 e. The van der Waals surface area contributed by atoms with Crippen LogP contribution >= 0.6 is 11.3 Å². The van der Waals surface area contributed by atoms with Crippen molar-refractivity contribution in [2.75, 3.05) is 0 Å². The highest BCUT2D eigenvalue weighted by Gasteiger charge is 2.23. The molecule has 0 saturated carbocycles. The van der Waals surface area contributed by atoms with Crippen molar-refractivity contribution in [3.05, 3.63) is 128 Å². The Labute approximate surface area is 213 Å². The van der Waals surface area contributed by atoms with Crippen LogP contribution in [0.15, 0.2) is 128 Å². The standard InChI is InChI=1S/C32H21N3S/c1-3-11-22(12-4-1)31-29-25-16-7-8-18-27(25)35(30(29)32(36-31)23-13-5-2-6-14-23)28-19-9-17-26(34-28)24-15-10-20-33-21-24/h1-21H. The maximum absolute atomic E-state index is 5.13. The van der Waals surface area contributed by atoms with Crippen molar-refractivity contribution < 1.29 is 0 Å². The average molecular weight is 480 g/mol. The number of fused-ring (bicyclic) bond motifs is 3. The Morgan fingerprint density at radius 1 is 0.583 bits per heavy atom. The minimum absolute atomic E-state index is 0.900. The van der Waals surface area contributed by atoms with E-state index in [2.05, 4.69) is 113 Å². The molecule has 0 aliphatic heterocycles. The van der Waals surface area contributed by atoms with Crippen molar-refractivity contribution in [3.63, 3.8) is 0 Å². The smallest absolute Gasteiger partial charge is 0.138 e. The van der Waals surface area contributed by atoms with Crippen molar-refractivity contribution in [1.29, 1.82) is 0 Å². The first-order chi connectivity index (χ1) is 17.9. The Hall–Kier alpha value is -4.54. The Kier molecular flexibility index (Phi) is 4.97. The fraction of sp³-hybridized carbons (Fsp3) is 0. The Morgan fingerprint density at radius 2 is 1.28 bits per heavy atom. The number of nitrogens with zero attached hydrogens (tertiary/aromatic N) is 3. The molecule has 4 heterocycles. The third kappa shape index (κ3) is 3.35. The monoisotopic (exact) mass is 479 g/mol. The lowest BCUT2D eigenvalue weighted by molar-refractivity contribution is 1.08. The lowest BCUT2D eigenvalue weighted by Gasteiger charge is -2.10. The van der Waals surface area contributed by atoms with Gasteiger partial charge in [-0.1, -0.05) is 84.9 Å². The van der Waals surface area contributed by atoms with Crippen molar-refractivity contribution in [2.24, 2.45) is 0 Å². The van der Waals surface area contributed by atoms with E-state index in [-0.39, 0.29) is 0 Å². The molecule has 0 unspecified atom stereocenters. The highest BCUT2D eigenvalue weighted by molar-refractivity contribution is 7.21. The molecule has 0 spiro atoms. The topological polar surface area (TPSA) is 30.7 Å². The molecule has 4 aromatic heterocycles. The van der Waals surface area contributed by atoms with Gasteiger partial charge in [0.05, 0.1) is 21.6 Å². The minimum atomic E-state index is 0.900. The molecule has 0 radical (unpaired) electrons. The van der Waals surface area contributed by atoms with Crippen LogP contribution < -0.4 is 0 Å². The summed E-state index contributed by atoms with van der Waals surface area (Å²) in [6, 6.07) is 40.3. The molecule has 36 heavy (non-hydrogen) atoms. The number of hydrogen-bond donors (Lipinski definition) is 0. The average Bonchev–Trinajstić information content (AvgIpc) is 3.51. The van der Waals surface area contributed by atoms with Crippen LogP contribution in [0.4, 0.5) is 0 Å². The second-order valence-electron chi connectivity index (χ2n) is 8.69. The lowest BCUT2D eigenvalue weighted by atomic mass is 10.1. The first-order valence-electron chi connectivity index (χ1n) is 11.9. The van der Waals surface area contributed by atoms with E-state index in [4.69, 9.17) is 4.98 Å².